The molecule has 3 nitrogen and oxygen atoms in total. The zero-order valence-corrected chi connectivity index (χ0v) is 9.53. The van der Waals surface area contributed by atoms with Crippen LogP contribution in [-0.4, -0.2) is 12.6 Å². The van der Waals surface area contributed by atoms with Crippen LogP contribution in [-0.2, 0) is 11.2 Å². The number of fused-ring (bicyclic) bond motifs is 1. The van der Waals surface area contributed by atoms with E-state index in [4.69, 9.17) is 10.5 Å². The highest BCUT2D eigenvalue weighted by molar-refractivity contribution is 5.91. The van der Waals surface area contributed by atoms with Crippen LogP contribution in [0.2, 0.25) is 0 Å². The topological polar surface area (TPSA) is 52.3 Å². The summed E-state index contributed by atoms with van der Waals surface area (Å²) in [5, 5.41) is 0. The molecule has 3 heteroatoms. The molecule has 0 saturated carbocycles. The van der Waals surface area contributed by atoms with Crippen molar-refractivity contribution in [2.75, 3.05) is 6.61 Å². The van der Waals surface area contributed by atoms with Crippen LogP contribution in [0.5, 0.6) is 0 Å². The van der Waals surface area contributed by atoms with E-state index in [1.807, 2.05) is 25.1 Å². The summed E-state index contributed by atoms with van der Waals surface area (Å²) in [6.45, 7) is 2.23. The van der Waals surface area contributed by atoms with E-state index in [2.05, 4.69) is 0 Å². The van der Waals surface area contributed by atoms with E-state index in [1.54, 1.807) is 0 Å². The molecule has 0 saturated heterocycles. The van der Waals surface area contributed by atoms with Gasteiger partial charge in [-0.25, -0.2) is 4.79 Å². The van der Waals surface area contributed by atoms with Crippen LogP contribution < -0.4 is 5.73 Å². The first-order valence-corrected chi connectivity index (χ1v) is 5.78. The second kappa shape index (κ2) is 4.66. The van der Waals surface area contributed by atoms with Gasteiger partial charge in [0.2, 0.25) is 0 Å². The molecule has 86 valence electrons. The van der Waals surface area contributed by atoms with Crippen LogP contribution in [0.15, 0.2) is 18.2 Å². The minimum absolute atomic E-state index is 0.0677. The van der Waals surface area contributed by atoms with Crippen LogP contribution in [0.1, 0.15) is 47.3 Å². The lowest BCUT2D eigenvalue weighted by molar-refractivity contribution is 0.0524. The van der Waals surface area contributed by atoms with Gasteiger partial charge in [0.15, 0.2) is 0 Å². The maximum atomic E-state index is 11.8. The number of ether oxygens (including phenoxy) is 1. The molecule has 16 heavy (non-hydrogen) atoms. The fraction of sp³-hybridized carbons (Fsp3) is 0.462. The SMILES string of the molecule is CCOC(=O)c1cccc2c1CCCC2N. The quantitative estimate of drug-likeness (QED) is 0.776. The van der Waals surface area contributed by atoms with Crippen LogP contribution in [0.4, 0.5) is 0 Å². The number of carbonyl (C=O) groups is 1. The summed E-state index contributed by atoms with van der Waals surface area (Å²) in [6.07, 6.45) is 2.97. The van der Waals surface area contributed by atoms with Crippen molar-refractivity contribution in [2.45, 2.75) is 32.2 Å². The molecule has 0 spiro atoms. The van der Waals surface area contributed by atoms with Crippen molar-refractivity contribution >= 4 is 5.97 Å². The summed E-state index contributed by atoms with van der Waals surface area (Å²) in [6, 6.07) is 5.80. The molecule has 1 aromatic carbocycles. The van der Waals surface area contributed by atoms with Crippen LogP contribution >= 0.6 is 0 Å². The van der Waals surface area contributed by atoms with Crippen LogP contribution in [0.3, 0.4) is 0 Å². The molecule has 0 heterocycles. The standard InChI is InChI=1S/C13H17NO2/c1-2-16-13(15)11-7-3-6-10-9(11)5-4-8-12(10)14/h3,6-7,12H,2,4-5,8,14H2,1H3. The summed E-state index contributed by atoms with van der Waals surface area (Å²) in [5.74, 6) is -0.228. The Morgan fingerprint density at radius 2 is 2.38 bits per heavy atom. The Kier molecular flexibility index (Phi) is 3.25. The van der Waals surface area contributed by atoms with Crippen molar-refractivity contribution in [3.63, 3.8) is 0 Å². The van der Waals surface area contributed by atoms with Gasteiger partial charge in [-0.2, -0.15) is 0 Å². The summed E-state index contributed by atoms with van der Waals surface area (Å²) < 4.78 is 5.05. The van der Waals surface area contributed by atoms with Gasteiger partial charge in [0.05, 0.1) is 12.2 Å². The monoisotopic (exact) mass is 219 g/mol. The highest BCUT2D eigenvalue weighted by atomic mass is 16.5. The Labute approximate surface area is 95.6 Å². The van der Waals surface area contributed by atoms with Crippen molar-refractivity contribution in [1.29, 1.82) is 0 Å². The van der Waals surface area contributed by atoms with E-state index >= 15 is 0 Å². The third-order valence-electron chi connectivity index (χ3n) is 3.05. The van der Waals surface area contributed by atoms with Gasteiger partial charge < -0.3 is 10.5 Å². The maximum Gasteiger partial charge on any atom is 0.338 e. The first-order valence-electron chi connectivity index (χ1n) is 5.78. The van der Waals surface area contributed by atoms with Gasteiger partial charge in [0.1, 0.15) is 0 Å². The van der Waals surface area contributed by atoms with Crippen LogP contribution in [0.25, 0.3) is 0 Å². The van der Waals surface area contributed by atoms with Gasteiger partial charge in [-0.3, -0.25) is 0 Å². The number of esters is 1. The molecule has 1 unspecified atom stereocenters. The van der Waals surface area contributed by atoms with E-state index in [0.717, 1.165) is 30.4 Å². The lowest BCUT2D eigenvalue weighted by atomic mass is 9.85. The van der Waals surface area contributed by atoms with Crippen molar-refractivity contribution in [3.8, 4) is 0 Å². The molecule has 0 amide bonds. The predicted octanol–water partition coefficient (Wildman–Crippen LogP) is 2.20. The van der Waals surface area contributed by atoms with Gasteiger partial charge in [-0.15, -0.1) is 0 Å². The molecule has 1 aliphatic carbocycles. The second-order valence-electron chi connectivity index (χ2n) is 4.09. The zero-order valence-electron chi connectivity index (χ0n) is 9.53. The molecule has 0 aromatic heterocycles. The Morgan fingerprint density at radius 3 is 3.12 bits per heavy atom. The number of nitrogens with two attached hydrogens (primary N) is 1. The molecule has 1 aromatic rings. The maximum absolute atomic E-state index is 11.8. The molecule has 1 aliphatic rings. The summed E-state index contributed by atoms with van der Waals surface area (Å²) >= 11 is 0. The average Bonchev–Trinajstić information content (AvgIpc) is 2.29. The third kappa shape index (κ3) is 1.95. The summed E-state index contributed by atoms with van der Waals surface area (Å²) in [5.41, 5.74) is 8.92. The van der Waals surface area contributed by atoms with Gasteiger partial charge in [-0.1, -0.05) is 12.1 Å². The van der Waals surface area contributed by atoms with E-state index in [-0.39, 0.29) is 12.0 Å². The van der Waals surface area contributed by atoms with Crippen molar-refractivity contribution < 1.29 is 9.53 Å². The van der Waals surface area contributed by atoms with E-state index in [1.165, 1.54) is 0 Å². The fourth-order valence-corrected chi connectivity index (χ4v) is 2.29. The minimum Gasteiger partial charge on any atom is -0.462 e. The van der Waals surface area contributed by atoms with Crippen LogP contribution in [0, 0.1) is 0 Å². The number of hydrogen-bond acceptors (Lipinski definition) is 3. The molecular formula is C13H17NO2. The van der Waals surface area contributed by atoms with E-state index in [0.29, 0.717) is 12.2 Å². The smallest absolute Gasteiger partial charge is 0.338 e. The van der Waals surface area contributed by atoms with E-state index < -0.39 is 0 Å². The third-order valence-corrected chi connectivity index (χ3v) is 3.05. The molecule has 0 radical (unpaired) electrons. The summed E-state index contributed by atoms with van der Waals surface area (Å²) in [4.78, 5) is 11.8. The van der Waals surface area contributed by atoms with Crippen molar-refractivity contribution in [1.82, 2.24) is 0 Å². The lowest BCUT2D eigenvalue weighted by Crippen LogP contribution is -2.20. The van der Waals surface area contributed by atoms with Gasteiger partial charge in [0, 0.05) is 6.04 Å². The Bertz CT molecular complexity index is 401. The highest BCUT2D eigenvalue weighted by Crippen LogP contribution is 2.30. The average molecular weight is 219 g/mol. The lowest BCUT2D eigenvalue weighted by Gasteiger charge is -2.23. The molecule has 0 fully saturated rings. The number of rotatable bonds is 2. The van der Waals surface area contributed by atoms with Gasteiger partial charge >= 0.3 is 5.97 Å². The largest absolute Gasteiger partial charge is 0.462 e. The molecule has 0 bridgehead atoms. The number of hydrogen-bond donors (Lipinski definition) is 1. The Hall–Kier alpha value is -1.35. The molecule has 2 rings (SSSR count). The van der Waals surface area contributed by atoms with Gasteiger partial charge in [0.25, 0.3) is 0 Å². The van der Waals surface area contributed by atoms with Crippen molar-refractivity contribution in [2.24, 2.45) is 5.73 Å². The van der Waals surface area contributed by atoms with E-state index in [9.17, 15) is 4.79 Å². The molecule has 0 aliphatic heterocycles. The Balaban J connectivity index is 2.39. The highest BCUT2D eigenvalue weighted by Gasteiger charge is 2.22. The fourth-order valence-electron chi connectivity index (χ4n) is 2.29. The summed E-state index contributed by atoms with van der Waals surface area (Å²) in [7, 11) is 0. The number of benzene rings is 1. The first kappa shape index (κ1) is 11.1. The Morgan fingerprint density at radius 1 is 1.56 bits per heavy atom. The second-order valence-corrected chi connectivity index (χ2v) is 4.09. The molecular weight excluding hydrogens is 202 g/mol. The normalized spacial score (nSPS) is 19.0. The molecule has 2 N–H and O–H groups in total. The zero-order chi connectivity index (χ0) is 11.5. The predicted molar refractivity (Wildman–Crippen MR) is 62.3 cm³/mol. The van der Waals surface area contributed by atoms with Crippen molar-refractivity contribution in [3.05, 3.63) is 34.9 Å². The molecule has 1 atom stereocenters. The minimum atomic E-state index is -0.228. The van der Waals surface area contributed by atoms with Gasteiger partial charge in [-0.05, 0) is 43.4 Å². The number of carbonyl (C=O) groups excluding carboxylic acids is 1. The first-order chi connectivity index (χ1) is 7.74.